The zero-order chi connectivity index (χ0) is 8.27. The first kappa shape index (κ1) is 8.31. The van der Waals surface area contributed by atoms with Gasteiger partial charge in [0.2, 0.25) is 0 Å². The largest absolute Gasteiger partial charge is 0.469 e. The summed E-state index contributed by atoms with van der Waals surface area (Å²) in [4.78, 5) is 10.8. The summed E-state index contributed by atoms with van der Waals surface area (Å²) in [5.74, 6) is 0.336. The van der Waals surface area contributed by atoms with Crippen LogP contribution in [0.1, 0.15) is 26.2 Å². The van der Waals surface area contributed by atoms with Crippen molar-refractivity contribution in [1.82, 2.24) is 0 Å². The molecule has 0 saturated carbocycles. The molecule has 2 heteroatoms. The fourth-order valence-corrected chi connectivity index (χ4v) is 1.44. The molecule has 0 aromatic rings. The number of carbonyl (C=O) groups is 1. The maximum Gasteiger partial charge on any atom is 0.306 e. The lowest BCUT2D eigenvalue weighted by molar-refractivity contribution is -0.141. The molecule has 1 unspecified atom stereocenters. The minimum absolute atomic E-state index is 0.0963. The first-order valence-corrected chi connectivity index (χ1v) is 3.96. The number of esters is 1. The van der Waals surface area contributed by atoms with Gasteiger partial charge in [0.1, 0.15) is 0 Å². The molecule has 1 rings (SSSR count). The molecular formula is C9H14O2. The van der Waals surface area contributed by atoms with Crippen molar-refractivity contribution in [3.05, 3.63) is 11.6 Å². The van der Waals surface area contributed by atoms with Crippen molar-refractivity contribution in [2.24, 2.45) is 5.92 Å². The van der Waals surface area contributed by atoms with Gasteiger partial charge in [-0.3, -0.25) is 4.79 Å². The van der Waals surface area contributed by atoms with Crippen molar-refractivity contribution in [3.8, 4) is 0 Å². The molecule has 0 saturated heterocycles. The van der Waals surface area contributed by atoms with E-state index in [0.29, 0.717) is 12.3 Å². The van der Waals surface area contributed by atoms with Crippen molar-refractivity contribution in [1.29, 1.82) is 0 Å². The normalized spacial score (nSPS) is 23.1. The Labute approximate surface area is 67.2 Å². The number of hydrogen-bond acceptors (Lipinski definition) is 2. The fraction of sp³-hybridized carbons (Fsp3) is 0.667. The standard InChI is InChI=1S/C9H14O2/c1-7-3-4-8(5-7)6-9(10)11-2/h5,8H,3-4,6H2,1-2H3. The van der Waals surface area contributed by atoms with Gasteiger partial charge in [-0.2, -0.15) is 0 Å². The third-order valence-corrected chi connectivity index (χ3v) is 2.09. The molecule has 62 valence electrons. The van der Waals surface area contributed by atoms with Gasteiger partial charge < -0.3 is 4.74 Å². The van der Waals surface area contributed by atoms with Crippen molar-refractivity contribution >= 4 is 5.97 Å². The summed E-state index contributed by atoms with van der Waals surface area (Å²) < 4.78 is 4.58. The number of rotatable bonds is 2. The number of methoxy groups -OCH3 is 1. The predicted molar refractivity (Wildman–Crippen MR) is 43.1 cm³/mol. The SMILES string of the molecule is COC(=O)CC1C=C(C)CC1. The second-order valence-corrected chi connectivity index (χ2v) is 3.09. The Morgan fingerprint density at radius 1 is 1.82 bits per heavy atom. The van der Waals surface area contributed by atoms with E-state index in [1.807, 2.05) is 0 Å². The van der Waals surface area contributed by atoms with E-state index in [9.17, 15) is 4.79 Å². The monoisotopic (exact) mass is 154 g/mol. The van der Waals surface area contributed by atoms with Gasteiger partial charge in [0.15, 0.2) is 0 Å². The van der Waals surface area contributed by atoms with Crippen LogP contribution >= 0.6 is 0 Å². The highest BCUT2D eigenvalue weighted by Crippen LogP contribution is 2.26. The van der Waals surface area contributed by atoms with Crippen LogP contribution in [0.2, 0.25) is 0 Å². The van der Waals surface area contributed by atoms with E-state index in [2.05, 4.69) is 17.7 Å². The molecule has 1 aliphatic carbocycles. The van der Waals surface area contributed by atoms with Gasteiger partial charge in [-0.05, 0) is 25.7 Å². The van der Waals surface area contributed by atoms with Crippen LogP contribution in [0.5, 0.6) is 0 Å². The Kier molecular flexibility index (Phi) is 2.69. The van der Waals surface area contributed by atoms with Gasteiger partial charge in [0.25, 0.3) is 0 Å². The summed E-state index contributed by atoms with van der Waals surface area (Å²) in [5.41, 5.74) is 1.40. The molecule has 0 aromatic heterocycles. The van der Waals surface area contributed by atoms with Crippen LogP contribution in [0.3, 0.4) is 0 Å². The van der Waals surface area contributed by atoms with E-state index in [1.54, 1.807) is 0 Å². The highest BCUT2D eigenvalue weighted by molar-refractivity contribution is 5.69. The molecular weight excluding hydrogens is 140 g/mol. The topological polar surface area (TPSA) is 26.3 Å². The molecule has 1 atom stereocenters. The first-order valence-electron chi connectivity index (χ1n) is 3.96. The fourth-order valence-electron chi connectivity index (χ4n) is 1.44. The Balaban J connectivity index is 2.34. The Bertz CT molecular complexity index is 182. The van der Waals surface area contributed by atoms with Crippen molar-refractivity contribution in [2.75, 3.05) is 7.11 Å². The van der Waals surface area contributed by atoms with Gasteiger partial charge in [-0.25, -0.2) is 0 Å². The molecule has 0 radical (unpaired) electrons. The van der Waals surface area contributed by atoms with Crippen molar-refractivity contribution < 1.29 is 9.53 Å². The summed E-state index contributed by atoms with van der Waals surface area (Å²) in [6, 6.07) is 0. The molecule has 2 nitrogen and oxygen atoms in total. The molecule has 0 heterocycles. The summed E-state index contributed by atoms with van der Waals surface area (Å²) >= 11 is 0. The second-order valence-electron chi connectivity index (χ2n) is 3.09. The van der Waals surface area contributed by atoms with Gasteiger partial charge in [0, 0.05) is 0 Å². The minimum Gasteiger partial charge on any atom is -0.469 e. The molecule has 0 N–H and O–H groups in total. The first-order chi connectivity index (χ1) is 5.22. The molecule has 0 fully saturated rings. The van der Waals surface area contributed by atoms with Crippen LogP contribution in [0.15, 0.2) is 11.6 Å². The Morgan fingerprint density at radius 2 is 2.55 bits per heavy atom. The summed E-state index contributed by atoms with van der Waals surface area (Å²) in [6.07, 6.45) is 4.98. The zero-order valence-corrected chi connectivity index (χ0v) is 7.09. The lowest BCUT2D eigenvalue weighted by Crippen LogP contribution is -2.05. The van der Waals surface area contributed by atoms with Crippen LogP contribution in [-0.2, 0) is 9.53 Å². The van der Waals surface area contributed by atoms with E-state index >= 15 is 0 Å². The molecule has 0 aromatic carbocycles. The third-order valence-electron chi connectivity index (χ3n) is 2.09. The van der Waals surface area contributed by atoms with Crippen LogP contribution in [0.4, 0.5) is 0 Å². The second kappa shape index (κ2) is 3.56. The van der Waals surface area contributed by atoms with Crippen molar-refractivity contribution in [3.63, 3.8) is 0 Å². The van der Waals surface area contributed by atoms with E-state index in [1.165, 1.54) is 12.7 Å². The smallest absolute Gasteiger partial charge is 0.306 e. The molecule has 0 bridgehead atoms. The van der Waals surface area contributed by atoms with Gasteiger partial charge in [-0.1, -0.05) is 11.6 Å². The zero-order valence-electron chi connectivity index (χ0n) is 7.09. The molecule has 0 amide bonds. The third kappa shape index (κ3) is 2.37. The van der Waals surface area contributed by atoms with E-state index in [0.717, 1.165) is 12.8 Å². The molecule has 11 heavy (non-hydrogen) atoms. The number of hydrogen-bond donors (Lipinski definition) is 0. The van der Waals surface area contributed by atoms with Crippen molar-refractivity contribution in [2.45, 2.75) is 26.2 Å². The van der Waals surface area contributed by atoms with Crippen LogP contribution in [-0.4, -0.2) is 13.1 Å². The van der Waals surface area contributed by atoms with Gasteiger partial charge in [-0.15, -0.1) is 0 Å². The van der Waals surface area contributed by atoms with E-state index in [4.69, 9.17) is 0 Å². The summed E-state index contributed by atoms with van der Waals surface area (Å²) in [6.45, 7) is 2.11. The van der Waals surface area contributed by atoms with Gasteiger partial charge >= 0.3 is 5.97 Å². The van der Waals surface area contributed by atoms with Crippen LogP contribution < -0.4 is 0 Å². The van der Waals surface area contributed by atoms with Gasteiger partial charge in [0.05, 0.1) is 13.5 Å². The highest BCUT2D eigenvalue weighted by atomic mass is 16.5. The minimum atomic E-state index is -0.0963. The Hall–Kier alpha value is -0.790. The average molecular weight is 154 g/mol. The van der Waals surface area contributed by atoms with Crippen LogP contribution in [0.25, 0.3) is 0 Å². The average Bonchev–Trinajstić information content (AvgIpc) is 2.35. The molecule has 0 aliphatic heterocycles. The van der Waals surface area contributed by atoms with E-state index in [-0.39, 0.29) is 5.97 Å². The number of ether oxygens (including phenoxy) is 1. The molecule has 0 spiro atoms. The quantitative estimate of drug-likeness (QED) is 0.448. The predicted octanol–water partition coefficient (Wildman–Crippen LogP) is 1.91. The maximum atomic E-state index is 10.8. The highest BCUT2D eigenvalue weighted by Gasteiger charge is 2.16. The number of carbonyl (C=O) groups excluding carboxylic acids is 1. The summed E-state index contributed by atoms with van der Waals surface area (Å²) in [7, 11) is 1.44. The maximum absolute atomic E-state index is 10.8. The Morgan fingerprint density at radius 3 is 3.00 bits per heavy atom. The number of allylic oxidation sites excluding steroid dienone is 2. The lowest BCUT2D eigenvalue weighted by atomic mass is 10.1. The van der Waals surface area contributed by atoms with Crippen LogP contribution in [0, 0.1) is 5.92 Å². The lowest BCUT2D eigenvalue weighted by Gasteiger charge is -2.03. The van der Waals surface area contributed by atoms with E-state index < -0.39 is 0 Å². The molecule has 1 aliphatic rings. The summed E-state index contributed by atoms with van der Waals surface area (Å²) in [5, 5.41) is 0.